The minimum atomic E-state index is -3.69. The molecule has 6 nitrogen and oxygen atoms in total. The first-order valence-corrected chi connectivity index (χ1v) is 5.93. The molecule has 1 rings (SSSR count). The van der Waals surface area contributed by atoms with Crippen molar-refractivity contribution in [2.75, 3.05) is 13.6 Å². The fourth-order valence-electron chi connectivity index (χ4n) is 1.29. The van der Waals surface area contributed by atoms with E-state index in [9.17, 15) is 8.42 Å². The van der Waals surface area contributed by atoms with Gasteiger partial charge in [-0.2, -0.15) is 9.40 Å². The summed E-state index contributed by atoms with van der Waals surface area (Å²) in [5.74, 6) is 2.25. The van der Waals surface area contributed by atoms with Crippen LogP contribution in [0.25, 0.3) is 0 Å². The number of H-pyrrole nitrogens is 1. The molecule has 0 saturated carbocycles. The van der Waals surface area contributed by atoms with Crippen molar-refractivity contribution in [2.24, 2.45) is 0 Å². The number of terminal acetylenes is 1. The van der Waals surface area contributed by atoms with Crippen molar-refractivity contribution in [3.05, 3.63) is 11.4 Å². The van der Waals surface area contributed by atoms with Crippen LogP contribution in [0.2, 0.25) is 0 Å². The largest absolute Gasteiger partial charge is 0.390 e. The smallest absolute Gasteiger partial charge is 0.247 e. The topological polar surface area (TPSA) is 86.3 Å². The van der Waals surface area contributed by atoms with Crippen LogP contribution in [-0.2, 0) is 16.6 Å². The molecule has 0 spiro atoms. The van der Waals surface area contributed by atoms with Crippen molar-refractivity contribution >= 4 is 10.0 Å². The molecule has 7 heteroatoms. The molecule has 0 aliphatic carbocycles. The van der Waals surface area contributed by atoms with Gasteiger partial charge in [0.25, 0.3) is 0 Å². The Morgan fingerprint density at radius 1 is 1.62 bits per heavy atom. The third kappa shape index (κ3) is 2.09. The third-order valence-corrected chi connectivity index (χ3v) is 4.10. The second-order valence-corrected chi connectivity index (χ2v) is 5.23. The van der Waals surface area contributed by atoms with Gasteiger partial charge in [-0.1, -0.05) is 5.92 Å². The molecular weight excluding hydrogens is 230 g/mol. The fraction of sp³-hybridized carbons (Fsp3) is 0.444. The summed E-state index contributed by atoms with van der Waals surface area (Å²) >= 11 is 0. The Bertz CT molecular complexity index is 513. The van der Waals surface area contributed by atoms with Gasteiger partial charge in [0, 0.05) is 7.05 Å². The number of rotatable bonds is 4. The number of sulfonamides is 1. The van der Waals surface area contributed by atoms with E-state index in [1.54, 1.807) is 6.92 Å². The zero-order valence-corrected chi connectivity index (χ0v) is 9.87. The standard InChI is InChI=1S/C9H13N3O3S/c1-4-5-12(3)16(14,15)9-7(2)10-11-8(9)6-13/h1,13H,5-6H2,2-3H3,(H,10,11). The van der Waals surface area contributed by atoms with Gasteiger partial charge >= 0.3 is 0 Å². The first kappa shape index (κ1) is 12.7. The van der Waals surface area contributed by atoms with E-state index < -0.39 is 16.6 Å². The molecule has 1 aromatic heterocycles. The maximum atomic E-state index is 12.0. The Morgan fingerprint density at radius 3 is 2.75 bits per heavy atom. The van der Waals surface area contributed by atoms with Gasteiger partial charge in [0.15, 0.2) is 0 Å². The third-order valence-electron chi connectivity index (χ3n) is 2.09. The van der Waals surface area contributed by atoms with E-state index in [2.05, 4.69) is 16.1 Å². The maximum Gasteiger partial charge on any atom is 0.247 e. The highest BCUT2D eigenvalue weighted by atomic mass is 32.2. The Kier molecular flexibility index (Phi) is 3.70. The maximum absolute atomic E-state index is 12.0. The van der Waals surface area contributed by atoms with Gasteiger partial charge in [0.1, 0.15) is 10.6 Å². The highest BCUT2D eigenvalue weighted by Crippen LogP contribution is 2.20. The zero-order chi connectivity index (χ0) is 12.3. The van der Waals surface area contributed by atoms with Gasteiger partial charge in [-0.3, -0.25) is 5.10 Å². The van der Waals surface area contributed by atoms with Crippen LogP contribution >= 0.6 is 0 Å². The number of nitrogens with one attached hydrogen (secondary N) is 1. The molecule has 0 aliphatic rings. The van der Waals surface area contributed by atoms with Crippen molar-refractivity contribution in [3.8, 4) is 12.3 Å². The molecule has 1 heterocycles. The normalized spacial score (nSPS) is 11.7. The van der Waals surface area contributed by atoms with Crippen LogP contribution in [0.5, 0.6) is 0 Å². The number of nitrogens with zero attached hydrogens (tertiary/aromatic N) is 2. The first-order valence-electron chi connectivity index (χ1n) is 4.49. The summed E-state index contributed by atoms with van der Waals surface area (Å²) in [7, 11) is -2.32. The average molecular weight is 243 g/mol. The van der Waals surface area contributed by atoms with E-state index in [4.69, 9.17) is 11.5 Å². The van der Waals surface area contributed by atoms with Crippen molar-refractivity contribution < 1.29 is 13.5 Å². The van der Waals surface area contributed by atoms with E-state index in [1.807, 2.05) is 0 Å². The monoisotopic (exact) mass is 243 g/mol. The summed E-state index contributed by atoms with van der Waals surface area (Å²) in [6.07, 6.45) is 5.06. The molecule has 16 heavy (non-hydrogen) atoms. The van der Waals surface area contributed by atoms with Gasteiger partial charge in [-0.25, -0.2) is 8.42 Å². The number of aliphatic hydroxyl groups excluding tert-OH is 1. The van der Waals surface area contributed by atoms with Crippen LogP contribution < -0.4 is 0 Å². The van der Waals surface area contributed by atoms with Crippen molar-refractivity contribution in [2.45, 2.75) is 18.4 Å². The van der Waals surface area contributed by atoms with Crippen LogP contribution in [0.3, 0.4) is 0 Å². The molecule has 0 amide bonds. The Morgan fingerprint density at radius 2 is 2.25 bits per heavy atom. The second kappa shape index (κ2) is 4.65. The summed E-state index contributed by atoms with van der Waals surface area (Å²) in [4.78, 5) is -0.00671. The summed E-state index contributed by atoms with van der Waals surface area (Å²) in [6.45, 7) is 1.10. The molecule has 88 valence electrons. The van der Waals surface area contributed by atoms with Crippen molar-refractivity contribution in [1.29, 1.82) is 0 Å². The summed E-state index contributed by atoms with van der Waals surface area (Å²) in [6, 6.07) is 0. The number of aryl methyl sites for hydroxylation is 1. The van der Waals surface area contributed by atoms with Crippen molar-refractivity contribution in [3.63, 3.8) is 0 Å². The molecular formula is C9H13N3O3S. The number of aliphatic hydroxyl groups is 1. The Balaban J connectivity index is 3.27. The molecule has 0 radical (unpaired) electrons. The number of hydrogen-bond donors (Lipinski definition) is 2. The Labute approximate surface area is 94.3 Å². The SMILES string of the molecule is C#CCN(C)S(=O)(=O)c1c(CO)n[nH]c1C. The molecule has 2 N–H and O–H groups in total. The van der Waals surface area contributed by atoms with Crippen LogP contribution in [-0.4, -0.2) is 41.6 Å². The highest BCUT2D eigenvalue weighted by molar-refractivity contribution is 7.89. The summed E-state index contributed by atoms with van der Waals surface area (Å²) < 4.78 is 25.1. The minimum Gasteiger partial charge on any atom is -0.390 e. The lowest BCUT2D eigenvalue weighted by Crippen LogP contribution is -2.28. The van der Waals surface area contributed by atoms with E-state index in [0.29, 0.717) is 5.69 Å². The quantitative estimate of drug-likeness (QED) is 0.696. The highest BCUT2D eigenvalue weighted by Gasteiger charge is 2.27. The summed E-state index contributed by atoms with van der Waals surface area (Å²) in [5, 5.41) is 15.2. The molecule has 0 fully saturated rings. The van der Waals surface area contributed by atoms with Gasteiger partial charge < -0.3 is 5.11 Å². The zero-order valence-electron chi connectivity index (χ0n) is 9.06. The Hall–Kier alpha value is -1.36. The molecule has 0 bridgehead atoms. The number of aromatic nitrogens is 2. The summed E-state index contributed by atoms with van der Waals surface area (Å²) in [5.41, 5.74) is 0.481. The number of hydrogen-bond acceptors (Lipinski definition) is 4. The van der Waals surface area contributed by atoms with Gasteiger partial charge in [0.05, 0.1) is 18.8 Å². The predicted molar refractivity (Wildman–Crippen MR) is 57.9 cm³/mol. The van der Waals surface area contributed by atoms with Gasteiger partial charge in [0.2, 0.25) is 10.0 Å². The molecule has 0 atom stereocenters. The molecule has 0 aliphatic heterocycles. The van der Waals surface area contributed by atoms with Crippen LogP contribution in [0.4, 0.5) is 0 Å². The predicted octanol–water partition coefficient (Wildman–Crippen LogP) is -0.536. The van der Waals surface area contributed by atoms with Crippen LogP contribution in [0, 0.1) is 19.3 Å². The van der Waals surface area contributed by atoms with E-state index in [1.165, 1.54) is 7.05 Å². The lowest BCUT2D eigenvalue weighted by atomic mass is 10.4. The molecule has 1 aromatic rings. The first-order chi connectivity index (χ1) is 7.45. The van der Waals surface area contributed by atoms with Gasteiger partial charge in [-0.05, 0) is 6.92 Å². The lowest BCUT2D eigenvalue weighted by Gasteiger charge is -2.14. The second-order valence-electron chi connectivity index (χ2n) is 3.25. The molecule has 0 saturated heterocycles. The minimum absolute atomic E-state index is 0.00671. The van der Waals surface area contributed by atoms with Crippen molar-refractivity contribution in [1.82, 2.24) is 14.5 Å². The molecule has 0 aromatic carbocycles. The number of aromatic amines is 1. The average Bonchev–Trinajstić information content (AvgIpc) is 2.60. The van der Waals surface area contributed by atoms with E-state index >= 15 is 0 Å². The molecule has 0 unspecified atom stereocenters. The fourth-order valence-corrected chi connectivity index (χ4v) is 2.68. The van der Waals surface area contributed by atoms with E-state index in [0.717, 1.165) is 4.31 Å². The van der Waals surface area contributed by atoms with Gasteiger partial charge in [-0.15, -0.1) is 6.42 Å². The van der Waals surface area contributed by atoms with Crippen LogP contribution in [0.1, 0.15) is 11.4 Å². The lowest BCUT2D eigenvalue weighted by molar-refractivity contribution is 0.273. The van der Waals surface area contributed by atoms with E-state index in [-0.39, 0.29) is 17.1 Å². The van der Waals surface area contributed by atoms with Crippen LogP contribution in [0.15, 0.2) is 4.90 Å².